The van der Waals surface area contributed by atoms with Crippen LogP contribution in [0.15, 0.2) is 72.1 Å². The van der Waals surface area contributed by atoms with E-state index >= 15 is 0 Å². The summed E-state index contributed by atoms with van der Waals surface area (Å²) in [6.07, 6.45) is 7.38. The van der Waals surface area contributed by atoms with Crippen molar-refractivity contribution in [2.75, 3.05) is 13.7 Å². The number of benzene rings is 2. The first-order valence-electron chi connectivity index (χ1n) is 21.3. The topological polar surface area (TPSA) is 195 Å². The van der Waals surface area contributed by atoms with Crippen LogP contribution in [0.1, 0.15) is 75.8 Å². The Hall–Kier alpha value is -5.55. The molecule has 3 fully saturated rings. The lowest BCUT2D eigenvalue weighted by Crippen LogP contribution is -2.59. The first kappa shape index (κ1) is 43.1. The number of carbonyl (C=O) groups is 4. The number of ether oxygens (including phenoxy) is 3. The average Bonchev–Trinajstić information content (AvgIpc) is 3.65. The zero-order valence-corrected chi connectivity index (χ0v) is 36.7. The standard InChI is InChI=1S/C45H52N6O9S2/c1-5-27-24-45(27,43(54)50-62(56,57)31-15-7-6-8-16-31)49-40(52)36-22-30(25-51(36)42(53)39(26(2)3)48-44(55)60-28-13-9-10-14-28)59-37-23-35(41-47-33-17-11-12-18-38(33)61-41)46-34-21-29(58-4)19-20-32(34)37/h5-8,15-16,19-21,23,26-28,30,36,39H,1,9-14,17-18,22,24-25H2,2-4H3,(H,48,55)(H,49,52)(H,50,54)/t27-,30-,36+,39+,45-/m1/s1. The maximum atomic E-state index is 14.7. The second-order valence-electron chi connectivity index (χ2n) is 16.9. The second kappa shape index (κ2) is 17.7. The van der Waals surface area contributed by atoms with Gasteiger partial charge in [0.2, 0.25) is 11.8 Å². The molecule has 5 atom stereocenters. The van der Waals surface area contributed by atoms with Gasteiger partial charge >= 0.3 is 6.09 Å². The first-order chi connectivity index (χ1) is 29.8. The van der Waals surface area contributed by atoms with Gasteiger partial charge in [0.25, 0.3) is 15.9 Å². The highest BCUT2D eigenvalue weighted by Gasteiger charge is 2.61. The van der Waals surface area contributed by atoms with Crippen molar-refractivity contribution in [3.63, 3.8) is 0 Å². The number of pyridine rings is 1. The van der Waals surface area contributed by atoms with Gasteiger partial charge in [-0.1, -0.05) is 38.1 Å². The molecule has 0 spiro atoms. The molecule has 2 aromatic heterocycles. The van der Waals surface area contributed by atoms with Crippen molar-refractivity contribution in [1.82, 2.24) is 30.2 Å². The van der Waals surface area contributed by atoms with Crippen molar-refractivity contribution in [3.05, 3.63) is 77.8 Å². The number of hydrogen-bond donors (Lipinski definition) is 3. The largest absolute Gasteiger partial charge is 0.497 e. The zero-order valence-electron chi connectivity index (χ0n) is 35.1. The van der Waals surface area contributed by atoms with E-state index in [1.807, 2.05) is 18.2 Å². The predicted octanol–water partition coefficient (Wildman–Crippen LogP) is 5.85. The number of carbonyl (C=O) groups excluding carboxylic acids is 4. The molecule has 0 unspecified atom stereocenters. The fraction of sp³-hybridized carbons (Fsp3) is 0.467. The molecule has 0 radical (unpaired) electrons. The maximum absolute atomic E-state index is 14.7. The molecule has 8 rings (SSSR count). The van der Waals surface area contributed by atoms with E-state index in [0.29, 0.717) is 28.1 Å². The molecule has 2 saturated carbocycles. The Balaban J connectivity index is 1.10. The van der Waals surface area contributed by atoms with E-state index in [2.05, 4.69) is 21.9 Å². The number of likely N-dealkylation sites (tertiary alicyclic amines) is 1. The number of rotatable bonds is 14. The van der Waals surface area contributed by atoms with Crippen LogP contribution in [0.25, 0.3) is 21.6 Å². The van der Waals surface area contributed by atoms with Crippen molar-refractivity contribution in [1.29, 1.82) is 0 Å². The third kappa shape index (κ3) is 8.87. The number of fused-ring (bicyclic) bond motifs is 2. The Bertz CT molecular complexity index is 2470. The highest BCUT2D eigenvalue weighted by molar-refractivity contribution is 7.90. The third-order valence-corrected chi connectivity index (χ3v) is 14.8. The van der Waals surface area contributed by atoms with E-state index in [1.54, 1.807) is 44.4 Å². The molecule has 3 aliphatic carbocycles. The molecule has 62 heavy (non-hydrogen) atoms. The van der Waals surface area contributed by atoms with Gasteiger partial charge in [0.1, 0.15) is 52.0 Å². The summed E-state index contributed by atoms with van der Waals surface area (Å²) < 4.78 is 46.6. The molecule has 3 heterocycles. The smallest absolute Gasteiger partial charge is 0.408 e. The summed E-state index contributed by atoms with van der Waals surface area (Å²) >= 11 is 1.62. The molecule has 328 valence electrons. The second-order valence-corrected chi connectivity index (χ2v) is 19.7. The number of nitrogens with one attached hydrogen (secondary N) is 3. The Morgan fingerprint density at radius 3 is 2.44 bits per heavy atom. The minimum Gasteiger partial charge on any atom is -0.497 e. The van der Waals surface area contributed by atoms with Gasteiger partial charge in [-0.15, -0.1) is 17.9 Å². The van der Waals surface area contributed by atoms with Gasteiger partial charge in [-0.2, -0.15) is 0 Å². The van der Waals surface area contributed by atoms with Gasteiger partial charge in [0.15, 0.2) is 0 Å². The summed E-state index contributed by atoms with van der Waals surface area (Å²) in [4.78, 5) is 68.8. The van der Waals surface area contributed by atoms with Gasteiger partial charge in [0, 0.05) is 34.7 Å². The summed E-state index contributed by atoms with van der Waals surface area (Å²) in [6, 6.07) is 12.5. The number of methoxy groups -OCH3 is 1. The Kier molecular flexibility index (Phi) is 12.3. The van der Waals surface area contributed by atoms with Crippen molar-refractivity contribution in [3.8, 4) is 22.2 Å². The molecular formula is C45H52N6O9S2. The average molecular weight is 885 g/mol. The molecule has 2 aromatic carbocycles. The molecule has 3 N–H and O–H groups in total. The molecule has 17 heteroatoms. The van der Waals surface area contributed by atoms with Gasteiger partial charge in [0.05, 0.1) is 29.8 Å². The minimum atomic E-state index is -4.28. The van der Waals surface area contributed by atoms with Gasteiger partial charge in [-0.3, -0.25) is 14.4 Å². The highest BCUT2D eigenvalue weighted by Crippen LogP contribution is 2.45. The highest BCUT2D eigenvalue weighted by atomic mass is 32.2. The van der Waals surface area contributed by atoms with Crippen molar-refractivity contribution in [2.45, 2.75) is 113 Å². The molecule has 0 bridgehead atoms. The van der Waals surface area contributed by atoms with Crippen LogP contribution < -0.4 is 24.8 Å². The molecule has 4 aliphatic rings. The van der Waals surface area contributed by atoms with Crippen LogP contribution in [0.4, 0.5) is 4.79 Å². The van der Waals surface area contributed by atoms with E-state index in [-0.39, 0.29) is 30.4 Å². The van der Waals surface area contributed by atoms with Crippen LogP contribution in [0.2, 0.25) is 0 Å². The van der Waals surface area contributed by atoms with Crippen LogP contribution in [-0.4, -0.2) is 90.6 Å². The number of aromatic nitrogens is 2. The molecule has 4 aromatic rings. The number of thiazole rings is 1. The lowest BCUT2D eigenvalue weighted by Gasteiger charge is -2.31. The third-order valence-electron chi connectivity index (χ3n) is 12.3. The van der Waals surface area contributed by atoms with Crippen LogP contribution >= 0.6 is 11.3 Å². The Labute approximate surface area is 365 Å². The Morgan fingerprint density at radius 1 is 0.984 bits per heavy atom. The van der Waals surface area contributed by atoms with Crippen LogP contribution in [-0.2, 0) is 42.0 Å². The molecule has 4 amide bonds. The summed E-state index contributed by atoms with van der Waals surface area (Å²) in [7, 11) is -2.71. The van der Waals surface area contributed by atoms with Crippen LogP contribution in [0.5, 0.6) is 11.5 Å². The minimum absolute atomic E-state index is 0.00846. The number of aryl methyl sites for hydroxylation is 2. The van der Waals surface area contributed by atoms with Gasteiger partial charge in [-0.25, -0.2) is 27.9 Å². The van der Waals surface area contributed by atoms with Crippen LogP contribution in [0.3, 0.4) is 0 Å². The lowest BCUT2D eigenvalue weighted by molar-refractivity contribution is -0.141. The summed E-state index contributed by atoms with van der Waals surface area (Å²) in [5, 5.41) is 7.04. The van der Waals surface area contributed by atoms with E-state index in [9.17, 15) is 27.6 Å². The summed E-state index contributed by atoms with van der Waals surface area (Å²) in [5.74, 6) is -2.05. The lowest BCUT2D eigenvalue weighted by atomic mass is 10.0. The van der Waals surface area contributed by atoms with E-state index in [4.69, 9.17) is 24.2 Å². The molecule has 1 aliphatic heterocycles. The number of amides is 4. The van der Waals surface area contributed by atoms with Crippen molar-refractivity contribution < 1.29 is 41.8 Å². The van der Waals surface area contributed by atoms with E-state index < -0.39 is 69.4 Å². The quantitative estimate of drug-likeness (QED) is 0.129. The molecular weight excluding hydrogens is 833 g/mol. The van der Waals surface area contributed by atoms with Gasteiger partial charge in [-0.05, 0) is 88.0 Å². The molecule has 1 saturated heterocycles. The fourth-order valence-corrected chi connectivity index (χ4v) is 10.9. The van der Waals surface area contributed by atoms with E-state index in [0.717, 1.165) is 62.1 Å². The Morgan fingerprint density at radius 2 is 1.74 bits per heavy atom. The fourth-order valence-electron chi connectivity index (χ4n) is 8.75. The molecule has 15 nitrogen and oxygen atoms in total. The number of nitrogens with zero attached hydrogens (tertiary/aromatic N) is 3. The predicted molar refractivity (Wildman–Crippen MR) is 232 cm³/mol. The monoisotopic (exact) mass is 884 g/mol. The van der Waals surface area contributed by atoms with Crippen molar-refractivity contribution >= 4 is 56.1 Å². The van der Waals surface area contributed by atoms with Crippen LogP contribution in [0, 0.1) is 11.8 Å². The summed E-state index contributed by atoms with van der Waals surface area (Å²) in [6.45, 7) is 7.35. The SMILES string of the molecule is C=C[C@@H]1C[C@]1(NC(=O)[C@@H]1C[C@@H](Oc2cc(-c3nc4c(s3)CCCC4)nc3cc(OC)ccc23)CN1C(=O)[C@@H](NC(=O)OC1CCCC1)C(C)C)C(=O)NS(=O)(=O)c1ccccc1. The van der Waals surface area contributed by atoms with Crippen molar-refractivity contribution in [2.24, 2.45) is 11.8 Å². The zero-order chi connectivity index (χ0) is 43.8. The number of sulfonamides is 1. The number of alkyl carbamates (subject to hydrolysis) is 1. The maximum Gasteiger partial charge on any atom is 0.408 e. The van der Waals surface area contributed by atoms with Gasteiger partial charge < -0.3 is 29.7 Å². The summed E-state index contributed by atoms with van der Waals surface area (Å²) in [5.41, 5.74) is 0.673. The number of hydrogen-bond acceptors (Lipinski definition) is 12. The first-order valence-corrected chi connectivity index (χ1v) is 23.6. The normalized spacial score (nSPS) is 22.7. The van der Waals surface area contributed by atoms with E-state index in [1.165, 1.54) is 40.1 Å².